The summed E-state index contributed by atoms with van der Waals surface area (Å²) >= 11 is 0. The molecule has 0 atom stereocenters. The summed E-state index contributed by atoms with van der Waals surface area (Å²) in [6.45, 7) is 4.88. The van der Waals surface area contributed by atoms with E-state index in [0.29, 0.717) is 12.5 Å². The third-order valence-corrected chi connectivity index (χ3v) is 3.74. The van der Waals surface area contributed by atoms with Crippen LogP contribution in [0.1, 0.15) is 30.9 Å². The van der Waals surface area contributed by atoms with E-state index in [0.717, 1.165) is 17.7 Å². The van der Waals surface area contributed by atoms with Crippen molar-refractivity contribution >= 4 is 11.6 Å². The topological polar surface area (TPSA) is 32.3 Å². The van der Waals surface area contributed by atoms with Gasteiger partial charge in [-0.3, -0.25) is 9.69 Å². The number of carbonyl (C=O) groups is 1. The van der Waals surface area contributed by atoms with Crippen LogP contribution in [0.2, 0.25) is 0 Å². The SMILES string of the molecule is CC(C)c1ccc(CN(C)CC(=O)Nc2c(F)cccc2F)cc1. The van der Waals surface area contributed by atoms with E-state index < -0.39 is 23.2 Å². The molecule has 2 aromatic carbocycles. The normalized spacial score (nSPS) is 11.1. The number of nitrogens with one attached hydrogen (secondary N) is 1. The Labute approximate surface area is 141 Å². The zero-order chi connectivity index (χ0) is 17.7. The molecule has 5 heteroatoms. The molecule has 0 saturated heterocycles. The average Bonchev–Trinajstić information content (AvgIpc) is 2.51. The van der Waals surface area contributed by atoms with Gasteiger partial charge in [-0.05, 0) is 36.2 Å². The summed E-state index contributed by atoms with van der Waals surface area (Å²) in [5.74, 6) is -1.55. The fourth-order valence-corrected chi connectivity index (χ4v) is 2.42. The van der Waals surface area contributed by atoms with Crippen LogP contribution in [-0.2, 0) is 11.3 Å². The molecule has 2 rings (SSSR count). The smallest absolute Gasteiger partial charge is 0.238 e. The van der Waals surface area contributed by atoms with Gasteiger partial charge in [-0.1, -0.05) is 44.2 Å². The van der Waals surface area contributed by atoms with E-state index in [9.17, 15) is 13.6 Å². The van der Waals surface area contributed by atoms with Crippen LogP contribution in [0.3, 0.4) is 0 Å². The molecule has 0 aliphatic carbocycles. The van der Waals surface area contributed by atoms with Crippen molar-refractivity contribution in [1.29, 1.82) is 0 Å². The molecule has 128 valence electrons. The lowest BCUT2D eigenvalue weighted by Crippen LogP contribution is -2.30. The molecule has 1 amide bonds. The number of benzene rings is 2. The predicted molar refractivity (Wildman–Crippen MR) is 91.9 cm³/mol. The van der Waals surface area contributed by atoms with Crippen molar-refractivity contribution in [3.05, 3.63) is 65.2 Å². The number of hydrogen-bond acceptors (Lipinski definition) is 2. The van der Waals surface area contributed by atoms with Crippen molar-refractivity contribution in [2.45, 2.75) is 26.3 Å². The van der Waals surface area contributed by atoms with Gasteiger partial charge in [-0.15, -0.1) is 0 Å². The molecule has 0 aliphatic heterocycles. The van der Waals surface area contributed by atoms with Crippen LogP contribution < -0.4 is 5.32 Å². The third-order valence-electron chi connectivity index (χ3n) is 3.74. The first kappa shape index (κ1) is 18.1. The van der Waals surface area contributed by atoms with Crippen molar-refractivity contribution in [2.75, 3.05) is 18.9 Å². The quantitative estimate of drug-likeness (QED) is 0.861. The molecule has 0 unspecified atom stereocenters. The van der Waals surface area contributed by atoms with Crippen molar-refractivity contribution in [3.63, 3.8) is 0 Å². The van der Waals surface area contributed by atoms with Gasteiger partial charge < -0.3 is 5.32 Å². The summed E-state index contributed by atoms with van der Waals surface area (Å²) in [4.78, 5) is 13.8. The van der Waals surface area contributed by atoms with Crippen LogP contribution in [0.4, 0.5) is 14.5 Å². The Hall–Kier alpha value is -2.27. The summed E-state index contributed by atoms with van der Waals surface area (Å²) in [5, 5.41) is 2.29. The van der Waals surface area contributed by atoms with Crippen LogP contribution >= 0.6 is 0 Å². The minimum atomic E-state index is -0.782. The van der Waals surface area contributed by atoms with Crippen molar-refractivity contribution in [1.82, 2.24) is 4.90 Å². The first-order valence-electron chi connectivity index (χ1n) is 7.88. The maximum Gasteiger partial charge on any atom is 0.238 e. The second-order valence-electron chi connectivity index (χ2n) is 6.21. The number of carbonyl (C=O) groups excluding carboxylic acids is 1. The van der Waals surface area contributed by atoms with Crippen LogP contribution in [0.25, 0.3) is 0 Å². The van der Waals surface area contributed by atoms with E-state index in [1.807, 2.05) is 12.1 Å². The van der Waals surface area contributed by atoms with Gasteiger partial charge in [0.1, 0.15) is 17.3 Å². The molecule has 0 aliphatic rings. The summed E-state index contributed by atoms with van der Waals surface area (Å²) in [6, 6.07) is 11.7. The van der Waals surface area contributed by atoms with Crippen molar-refractivity contribution in [3.8, 4) is 0 Å². The van der Waals surface area contributed by atoms with Gasteiger partial charge in [0, 0.05) is 6.54 Å². The van der Waals surface area contributed by atoms with Crippen molar-refractivity contribution in [2.24, 2.45) is 0 Å². The number of nitrogens with zero attached hydrogens (tertiary/aromatic N) is 1. The average molecular weight is 332 g/mol. The van der Waals surface area contributed by atoms with E-state index in [4.69, 9.17) is 0 Å². The first-order valence-corrected chi connectivity index (χ1v) is 7.88. The van der Waals surface area contributed by atoms with Gasteiger partial charge in [0.05, 0.1) is 6.54 Å². The Balaban J connectivity index is 1.92. The molecule has 1 N–H and O–H groups in total. The standard InChI is InChI=1S/C19H22F2N2O/c1-13(2)15-9-7-14(8-10-15)11-23(3)12-18(24)22-19-16(20)5-4-6-17(19)21/h4-10,13H,11-12H2,1-3H3,(H,22,24). The molecule has 0 bridgehead atoms. The van der Waals surface area contributed by atoms with Gasteiger partial charge in [0.2, 0.25) is 5.91 Å². The van der Waals surface area contributed by atoms with Gasteiger partial charge >= 0.3 is 0 Å². The van der Waals surface area contributed by atoms with Gasteiger partial charge in [0.25, 0.3) is 0 Å². The highest BCUT2D eigenvalue weighted by Crippen LogP contribution is 2.18. The molecule has 0 saturated carbocycles. The van der Waals surface area contributed by atoms with Gasteiger partial charge in [-0.2, -0.15) is 0 Å². The summed E-state index contributed by atoms with van der Waals surface area (Å²) in [5.41, 5.74) is 1.93. The number of halogens is 2. The highest BCUT2D eigenvalue weighted by atomic mass is 19.1. The molecule has 0 radical (unpaired) electrons. The Morgan fingerprint density at radius 1 is 1.08 bits per heavy atom. The maximum atomic E-state index is 13.5. The maximum absolute atomic E-state index is 13.5. The summed E-state index contributed by atoms with van der Waals surface area (Å²) in [6.07, 6.45) is 0. The largest absolute Gasteiger partial charge is 0.320 e. The molecule has 3 nitrogen and oxygen atoms in total. The van der Waals surface area contributed by atoms with E-state index >= 15 is 0 Å². The molecular formula is C19H22F2N2O. The minimum Gasteiger partial charge on any atom is -0.320 e. The van der Waals surface area contributed by atoms with E-state index in [-0.39, 0.29) is 6.54 Å². The number of amides is 1. The fraction of sp³-hybridized carbons (Fsp3) is 0.316. The lowest BCUT2D eigenvalue weighted by Gasteiger charge is -2.17. The Bertz CT molecular complexity index is 679. The predicted octanol–water partition coefficient (Wildman–Crippen LogP) is 4.16. The van der Waals surface area contributed by atoms with Gasteiger partial charge in [0.15, 0.2) is 0 Å². The zero-order valence-corrected chi connectivity index (χ0v) is 14.1. The summed E-state index contributed by atoms with van der Waals surface area (Å²) < 4.78 is 27.1. The number of para-hydroxylation sites is 1. The number of anilines is 1. The van der Waals surface area contributed by atoms with Gasteiger partial charge in [-0.25, -0.2) is 8.78 Å². The van der Waals surface area contributed by atoms with E-state index in [1.54, 1.807) is 11.9 Å². The molecule has 0 aromatic heterocycles. The van der Waals surface area contributed by atoms with E-state index in [1.165, 1.54) is 11.6 Å². The molecule has 24 heavy (non-hydrogen) atoms. The highest BCUT2D eigenvalue weighted by molar-refractivity contribution is 5.92. The Morgan fingerprint density at radius 2 is 1.67 bits per heavy atom. The molecule has 0 fully saturated rings. The third kappa shape index (κ3) is 4.86. The number of likely N-dealkylation sites (N-methyl/N-ethyl adjacent to an activating group) is 1. The zero-order valence-electron chi connectivity index (χ0n) is 14.1. The molecule has 0 spiro atoms. The van der Waals surface area contributed by atoms with Crippen LogP contribution in [0.15, 0.2) is 42.5 Å². The van der Waals surface area contributed by atoms with Crippen molar-refractivity contribution < 1.29 is 13.6 Å². The lowest BCUT2D eigenvalue weighted by molar-refractivity contribution is -0.117. The number of rotatable bonds is 6. The first-order chi connectivity index (χ1) is 11.4. The Kier molecular flexibility index (Phi) is 6.04. The molecular weight excluding hydrogens is 310 g/mol. The lowest BCUT2D eigenvalue weighted by atomic mass is 10.0. The summed E-state index contributed by atoms with van der Waals surface area (Å²) in [7, 11) is 1.79. The second kappa shape index (κ2) is 8.02. The van der Waals surface area contributed by atoms with Crippen LogP contribution in [0, 0.1) is 11.6 Å². The van der Waals surface area contributed by atoms with Crippen LogP contribution in [-0.4, -0.2) is 24.4 Å². The molecule has 0 heterocycles. The highest BCUT2D eigenvalue weighted by Gasteiger charge is 2.13. The molecule has 2 aromatic rings. The monoisotopic (exact) mass is 332 g/mol. The van der Waals surface area contributed by atoms with E-state index in [2.05, 4.69) is 31.3 Å². The second-order valence-corrected chi connectivity index (χ2v) is 6.21. The minimum absolute atomic E-state index is 0.0414. The number of hydrogen-bond donors (Lipinski definition) is 1. The van der Waals surface area contributed by atoms with Crippen LogP contribution in [0.5, 0.6) is 0 Å². The Morgan fingerprint density at radius 3 is 2.21 bits per heavy atom. The fourth-order valence-electron chi connectivity index (χ4n) is 2.42.